The van der Waals surface area contributed by atoms with E-state index in [-0.39, 0.29) is 0 Å². The largest absolute Gasteiger partial charge is 0.371 e. The predicted octanol–water partition coefficient (Wildman–Crippen LogP) is 1.20. The maximum atomic E-state index is 10.7. The molecule has 0 amide bonds. The fraction of sp³-hybridized carbons (Fsp3) is 0.571. The van der Waals surface area contributed by atoms with Crippen molar-refractivity contribution in [2.45, 2.75) is 25.9 Å². The summed E-state index contributed by atoms with van der Waals surface area (Å²) >= 11 is 0. The maximum Gasteiger partial charge on any atom is 0.371 e. The number of carbonyl (C=O) groups excluding carboxylic acids is 1. The summed E-state index contributed by atoms with van der Waals surface area (Å²) in [4.78, 5) is 19.8. The Kier molecular flexibility index (Phi) is 1.52. The summed E-state index contributed by atoms with van der Waals surface area (Å²) in [5.41, 5.74) is -0.202. The van der Waals surface area contributed by atoms with E-state index in [1.165, 1.54) is 0 Å². The highest BCUT2D eigenvalue weighted by molar-refractivity contribution is 5.90. The molecule has 1 heterocycles. The third kappa shape index (κ3) is 0.827. The molecule has 0 radical (unpaired) electrons. The summed E-state index contributed by atoms with van der Waals surface area (Å²) in [7, 11) is 0. The molecule has 0 saturated carbocycles. The van der Waals surface area contributed by atoms with Gasteiger partial charge in [0.25, 0.3) is 0 Å². The van der Waals surface area contributed by atoms with Gasteiger partial charge < -0.3 is 0 Å². The van der Waals surface area contributed by atoms with Crippen molar-refractivity contribution in [2.24, 2.45) is 0 Å². The highest BCUT2D eigenvalue weighted by Crippen LogP contribution is 2.30. The Morgan fingerprint density at radius 2 is 2.30 bits per heavy atom. The van der Waals surface area contributed by atoms with E-state index in [4.69, 9.17) is 4.89 Å². The van der Waals surface area contributed by atoms with Crippen LogP contribution in [0.2, 0.25) is 0 Å². The summed E-state index contributed by atoms with van der Waals surface area (Å²) in [5, 5.41) is 0. The molecule has 0 aliphatic carbocycles. The van der Waals surface area contributed by atoms with Crippen LogP contribution in [-0.4, -0.2) is 11.6 Å². The molecule has 10 heavy (non-hydrogen) atoms. The van der Waals surface area contributed by atoms with Gasteiger partial charge in [-0.1, -0.05) is 13.5 Å². The van der Waals surface area contributed by atoms with Crippen LogP contribution in [0.1, 0.15) is 20.3 Å². The van der Waals surface area contributed by atoms with Crippen LogP contribution >= 0.6 is 0 Å². The summed E-state index contributed by atoms with van der Waals surface area (Å²) in [6.45, 7) is 7.25. The Hall–Kier alpha value is -0.830. The standard InChI is InChI=1S/C7H10O3/c1-4-7(3)5(2)6(8)9-10-7/h2,4H2,1,3H3. The van der Waals surface area contributed by atoms with Crippen LogP contribution in [0, 0.1) is 0 Å². The summed E-state index contributed by atoms with van der Waals surface area (Å²) < 4.78 is 0. The third-order valence-electron chi connectivity index (χ3n) is 1.86. The molecular weight excluding hydrogens is 132 g/mol. The molecule has 0 bridgehead atoms. The van der Waals surface area contributed by atoms with Crippen molar-refractivity contribution in [3.8, 4) is 0 Å². The first kappa shape index (κ1) is 7.28. The second kappa shape index (κ2) is 2.09. The van der Waals surface area contributed by atoms with Crippen molar-refractivity contribution in [1.29, 1.82) is 0 Å². The van der Waals surface area contributed by atoms with Crippen molar-refractivity contribution in [3.63, 3.8) is 0 Å². The van der Waals surface area contributed by atoms with Crippen LogP contribution in [0.25, 0.3) is 0 Å². The highest BCUT2D eigenvalue weighted by Gasteiger charge is 2.41. The van der Waals surface area contributed by atoms with Gasteiger partial charge in [-0.05, 0) is 13.3 Å². The second-order valence-electron chi connectivity index (χ2n) is 2.52. The average molecular weight is 142 g/mol. The number of rotatable bonds is 1. The minimum absolute atomic E-state index is 0.398. The molecule has 1 fully saturated rings. The number of hydrogen-bond acceptors (Lipinski definition) is 3. The first-order chi connectivity index (χ1) is 4.60. The molecular formula is C7H10O3. The monoisotopic (exact) mass is 142 g/mol. The van der Waals surface area contributed by atoms with Gasteiger partial charge in [-0.15, -0.1) is 0 Å². The first-order valence-corrected chi connectivity index (χ1v) is 3.19. The lowest BCUT2D eigenvalue weighted by Gasteiger charge is -2.15. The van der Waals surface area contributed by atoms with Gasteiger partial charge in [0.05, 0.1) is 5.57 Å². The lowest BCUT2D eigenvalue weighted by Crippen LogP contribution is -2.23. The first-order valence-electron chi connectivity index (χ1n) is 3.19. The van der Waals surface area contributed by atoms with Crippen molar-refractivity contribution in [3.05, 3.63) is 12.2 Å². The molecule has 1 rings (SSSR count). The molecule has 3 nitrogen and oxygen atoms in total. The average Bonchev–Trinajstić information content (AvgIpc) is 2.19. The van der Waals surface area contributed by atoms with E-state index >= 15 is 0 Å². The van der Waals surface area contributed by atoms with Gasteiger partial charge in [0.2, 0.25) is 0 Å². The molecule has 1 aliphatic rings. The molecule has 0 aromatic carbocycles. The molecule has 1 saturated heterocycles. The van der Waals surface area contributed by atoms with Crippen molar-refractivity contribution in [2.75, 3.05) is 0 Å². The van der Waals surface area contributed by atoms with Crippen LogP contribution in [0.3, 0.4) is 0 Å². The van der Waals surface area contributed by atoms with Gasteiger partial charge in [0.1, 0.15) is 5.60 Å². The van der Waals surface area contributed by atoms with Crippen LogP contribution in [-0.2, 0) is 14.6 Å². The normalized spacial score (nSPS) is 32.6. The minimum Gasteiger partial charge on any atom is -0.292 e. The van der Waals surface area contributed by atoms with Crippen molar-refractivity contribution < 1.29 is 14.6 Å². The van der Waals surface area contributed by atoms with Crippen molar-refractivity contribution >= 4 is 5.97 Å². The quantitative estimate of drug-likeness (QED) is 0.407. The van der Waals surface area contributed by atoms with Gasteiger partial charge in [-0.25, -0.2) is 4.79 Å². The molecule has 3 heteroatoms. The molecule has 56 valence electrons. The zero-order valence-corrected chi connectivity index (χ0v) is 6.14. The molecule has 0 aromatic rings. The minimum atomic E-state index is -0.600. The Morgan fingerprint density at radius 3 is 2.50 bits per heavy atom. The molecule has 0 spiro atoms. The van der Waals surface area contributed by atoms with Crippen LogP contribution < -0.4 is 0 Å². The number of hydrogen-bond donors (Lipinski definition) is 0. The van der Waals surface area contributed by atoms with E-state index in [2.05, 4.69) is 11.5 Å². The van der Waals surface area contributed by atoms with E-state index in [0.29, 0.717) is 12.0 Å². The van der Waals surface area contributed by atoms with E-state index in [1.54, 1.807) is 6.92 Å². The third-order valence-corrected chi connectivity index (χ3v) is 1.86. The molecule has 1 aliphatic heterocycles. The lowest BCUT2D eigenvalue weighted by molar-refractivity contribution is -0.287. The Morgan fingerprint density at radius 1 is 1.70 bits per heavy atom. The second-order valence-corrected chi connectivity index (χ2v) is 2.52. The zero-order valence-electron chi connectivity index (χ0n) is 6.14. The molecule has 0 N–H and O–H groups in total. The topological polar surface area (TPSA) is 35.5 Å². The summed E-state index contributed by atoms with van der Waals surface area (Å²) in [6, 6.07) is 0. The van der Waals surface area contributed by atoms with Gasteiger partial charge in [0.15, 0.2) is 0 Å². The van der Waals surface area contributed by atoms with Gasteiger partial charge in [0, 0.05) is 0 Å². The number of carbonyl (C=O) groups is 1. The Bertz CT molecular complexity index is 185. The summed E-state index contributed by atoms with van der Waals surface area (Å²) in [6.07, 6.45) is 0.692. The van der Waals surface area contributed by atoms with E-state index in [9.17, 15) is 4.79 Å². The van der Waals surface area contributed by atoms with Gasteiger partial charge in [-0.3, -0.25) is 4.89 Å². The van der Waals surface area contributed by atoms with Gasteiger partial charge in [-0.2, -0.15) is 4.89 Å². The zero-order chi connectivity index (χ0) is 7.78. The Labute approximate surface area is 59.6 Å². The fourth-order valence-electron chi connectivity index (χ4n) is 0.719. The van der Waals surface area contributed by atoms with Crippen LogP contribution in [0.5, 0.6) is 0 Å². The molecule has 0 aromatic heterocycles. The smallest absolute Gasteiger partial charge is 0.292 e. The lowest BCUT2D eigenvalue weighted by atomic mass is 9.95. The fourth-order valence-corrected chi connectivity index (χ4v) is 0.719. The Balaban J connectivity index is 2.83. The molecule has 1 unspecified atom stereocenters. The van der Waals surface area contributed by atoms with Crippen LogP contribution in [0.15, 0.2) is 12.2 Å². The van der Waals surface area contributed by atoms with Crippen molar-refractivity contribution in [1.82, 2.24) is 0 Å². The molecule has 1 atom stereocenters. The van der Waals surface area contributed by atoms with Gasteiger partial charge >= 0.3 is 5.97 Å². The van der Waals surface area contributed by atoms with Crippen LogP contribution in [0.4, 0.5) is 0 Å². The SMILES string of the molecule is C=C1C(=O)OOC1(C)CC. The van der Waals surface area contributed by atoms with E-state index < -0.39 is 11.6 Å². The maximum absolute atomic E-state index is 10.7. The van der Waals surface area contributed by atoms with E-state index in [0.717, 1.165) is 0 Å². The predicted molar refractivity (Wildman–Crippen MR) is 35.0 cm³/mol. The highest BCUT2D eigenvalue weighted by atomic mass is 17.2. The summed E-state index contributed by atoms with van der Waals surface area (Å²) in [5.74, 6) is -0.454. The van der Waals surface area contributed by atoms with E-state index in [1.807, 2.05) is 6.92 Å².